The van der Waals surface area contributed by atoms with Gasteiger partial charge in [0.25, 0.3) is 0 Å². The Morgan fingerprint density at radius 2 is 1.43 bits per heavy atom. The van der Waals surface area contributed by atoms with Crippen LogP contribution in [-0.2, 0) is 9.47 Å². The Labute approximate surface area is 138 Å². The Hall–Kier alpha value is -1.78. The van der Waals surface area contributed by atoms with Crippen LogP contribution in [0.2, 0.25) is 0 Å². The Balaban J connectivity index is 2.38. The van der Waals surface area contributed by atoms with Crippen molar-refractivity contribution in [3.05, 3.63) is 23.7 Å². The summed E-state index contributed by atoms with van der Waals surface area (Å²) in [4.78, 5) is 23.9. The predicted octanol–water partition coefficient (Wildman–Crippen LogP) is 4.75. The molecule has 0 aliphatic rings. The molecule has 0 aliphatic carbocycles. The lowest BCUT2D eigenvalue weighted by Gasteiger charge is -2.06. The number of furan rings is 1. The molecule has 0 unspecified atom stereocenters. The molecular formula is C18H28O5. The minimum atomic E-state index is -0.607. The Morgan fingerprint density at radius 3 is 2.00 bits per heavy atom. The highest BCUT2D eigenvalue weighted by molar-refractivity contribution is 6.01. The van der Waals surface area contributed by atoms with Gasteiger partial charge in [-0.25, -0.2) is 9.59 Å². The van der Waals surface area contributed by atoms with Crippen molar-refractivity contribution in [1.29, 1.82) is 0 Å². The van der Waals surface area contributed by atoms with Crippen LogP contribution < -0.4 is 0 Å². The van der Waals surface area contributed by atoms with Crippen molar-refractivity contribution in [3.8, 4) is 0 Å². The first-order chi connectivity index (χ1) is 11.2. The van der Waals surface area contributed by atoms with Gasteiger partial charge in [0.1, 0.15) is 5.56 Å². The second kappa shape index (κ2) is 11.7. The topological polar surface area (TPSA) is 65.7 Å². The molecule has 1 aromatic heterocycles. The van der Waals surface area contributed by atoms with Crippen molar-refractivity contribution in [1.82, 2.24) is 0 Å². The first-order valence-corrected chi connectivity index (χ1v) is 8.62. The standard InChI is InChI=1S/C18H28O5/c1-3-5-7-9-12-22-17(19)15-11-14-21-16(15)18(20)23-13-10-8-6-4-2/h11,14H,3-10,12-13H2,1-2H3. The number of ether oxygens (including phenoxy) is 2. The van der Waals surface area contributed by atoms with Crippen molar-refractivity contribution < 1.29 is 23.5 Å². The summed E-state index contributed by atoms with van der Waals surface area (Å²) in [6.07, 6.45) is 9.50. The minimum absolute atomic E-state index is 0.0703. The van der Waals surface area contributed by atoms with E-state index in [2.05, 4.69) is 13.8 Å². The zero-order valence-corrected chi connectivity index (χ0v) is 14.3. The van der Waals surface area contributed by atoms with Crippen molar-refractivity contribution in [2.75, 3.05) is 13.2 Å². The zero-order valence-electron chi connectivity index (χ0n) is 14.3. The normalized spacial score (nSPS) is 10.5. The summed E-state index contributed by atoms with van der Waals surface area (Å²) in [5, 5.41) is 0. The summed E-state index contributed by atoms with van der Waals surface area (Å²) in [5.74, 6) is -1.21. The van der Waals surface area contributed by atoms with Crippen LogP contribution in [0.1, 0.15) is 86.1 Å². The fourth-order valence-electron chi connectivity index (χ4n) is 2.16. The van der Waals surface area contributed by atoms with Crippen LogP contribution in [-0.4, -0.2) is 25.2 Å². The van der Waals surface area contributed by atoms with Crippen LogP contribution in [0, 0.1) is 0 Å². The number of rotatable bonds is 12. The third-order valence-electron chi connectivity index (χ3n) is 3.53. The number of unbranched alkanes of at least 4 members (excludes halogenated alkanes) is 6. The van der Waals surface area contributed by atoms with Gasteiger partial charge in [-0.1, -0.05) is 52.4 Å². The summed E-state index contributed by atoms with van der Waals surface area (Å²) in [6.45, 7) is 4.94. The predicted molar refractivity (Wildman–Crippen MR) is 87.6 cm³/mol. The van der Waals surface area contributed by atoms with Crippen LogP contribution in [0.5, 0.6) is 0 Å². The number of hydrogen-bond acceptors (Lipinski definition) is 5. The highest BCUT2D eigenvalue weighted by atomic mass is 16.5. The maximum Gasteiger partial charge on any atom is 0.375 e. The molecule has 0 aliphatic heterocycles. The molecule has 0 atom stereocenters. The summed E-state index contributed by atoms with van der Waals surface area (Å²) in [5.41, 5.74) is 0.138. The van der Waals surface area contributed by atoms with Gasteiger partial charge in [0.15, 0.2) is 0 Å². The summed E-state index contributed by atoms with van der Waals surface area (Å²) >= 11 is 0. The number of carbonyl (C=O) groups is 2. The number of hydrogen-bond donors (Lipinski definition) is 0. The molecule has 0 saturated carbocycles. The van der Waals surface area contributed by atoms with Crippen molar-refractivity contribution >= 4 is 11.9 Å². The Kier molecular flexibility index (Phi) is 9.84. The van der Waals surface area contributed by atoms with E-state index in [0.29, 0.717) is 13.2 Å². The van der Waals surface area contributed by atoms with Gasteiger partial charge in [-0.2, -0.15) is 0 Å². The second-order valence-electron chi connectivity index (χ2n) is 5.56. The molecule has 0 bridgehead atoms. The molecule has 1 heterocycles. The molecule has 0 aromatic carbocycles. The van der Waals surface area contributed by atoms with E-state index in [1.807, 2.05) is 0 Å². The lowest BCUT2D eigenvalue weighted by Crippen LogP contribution is -2.13. The van der Waals surface area contributed by atoms with Gasteiger partial charge in [0, 0.05) is 0 Å². The summed E-state index contributed by atoms with van der Waals surface area (Å²) in [6, 6.07) is 1.45. The monoisotopic (exact) mass is 324 g/mol. The van der Waals surface area contributed by atoms with E-state index in [1.54, 1.807) is 0 Å². The van der Waals surface area contributed by atoms with Gasteiger partial charge in [0.2, 0.25) is 5.76 Å². The van der Waals surface area contributed by atoms with Gasteiger partial charge in [-0.3, -0.25) is 0 Å². The minimum Gasteiger partial charge on any atom is -0.462 e. The largest absolute Gasteiger partial charge is 0.462 e. The molecule has 5 nitrogen and oxygen atoms in total. The Morgan fingerprint density at radius 1 is 0.870 bits per heavy atom. The maximum atomic E-state index is 12.0. The van der Waals surface area contributed by atoms with Gasteiger partial charge in [-0.05, 0) is 18.9 Å². The van der Waals surface area contributed by atoms with Gasteiger partial charge in [-0.15, -0.1) is 0 Å². The maximum absolute atomic E-state index is 12.0. The molecule has 130 valence electrons. The molecule has 0 radical (unpaired) electrons. The van der Waals surface area contributed by atoms with Crippen molar-refractivity contribution in [2.24, 2.45) is 0 Å². The van der Waals surface area contributed by atoms with Crippen LogP contribution in [0.3, 0.4) is 0 Å². The molecule has 0 fully saturated rings. The molecule has 1 rings (SSSR count). The van der Waals surface area contributed by atoms with Crippen molar-refractivity contribution in [3.63, 3.8) is 0 Å². The fourth-order valence-corrected chi connectivity index (χ4v) is 2.16. The van der Waals surface area contributed by atoms with Crippen molar-refractivity contribution in [2.45, 2.75) is 65.2 Å². The molecule has 0 spiro atoms. The van der Waals surface area contributed by atoms with E-state index in [0.717, 1.165) is 51.4 Å². The quantitative estimate of drug-likeness (QED) is 0.410. The van der Waals surface area contributed by atoms with E-state index < -0.39 is 11.9 Å². The first kappa shape index (κ1) is 19.3. The molecule has 5 heteroatoms. The van der Waals surface area contributed by atoms with E-state index in [4.69, 9.17) is 13.9 Å². The molecular weight excluding hydrogens is 296 g/mol. The van der Waals surface area contributed by atoms with E-state index in [-0.39, 0.29) is 11.3 Å². The molecule has 0 amide bonds. The van der Waals surface area contributed by atoms with E-state index >= 15 is 0 Å². The smallest absolute Gasteiger partial charge is 0.375 e. The van der Waals surface area contributed by atoms with E-state index in [9.17, 15) is 9.59 Å². The SMILES string of the molecule is CCCCCCOC(=O)c1ccoc1C(=O)OCCCCCC. The van der Waals surface area contributed by atoms with Crippen LogP contribution in [0.15, 0.2) is 16.7 Å². The summed E-state index contributed by atoms with van der Waals surface area (Å²) < 4.78 is 15.4. The summed E-state index contributed by atoms with van der Waals surface area (Å²) in [7, 11) is 0. The molecule has 0 N–H and O–H groups in total. The zero-order chi connectivity index (χ0) is 16.9. The van der Waals surface area contributed by atoms with Crippen LogP contribution in [0.25, 0.3) is 0 Å². The number of esters is 2. The second-order valence-corrected chi connectivity index (χ2v) is 5.56. The van der Waals surface area contributed by atoms with Gasteiger partial charge >= 0.3 is 11.9 Å². The number of carbonyl (C=O) groups excluding carboxylic acids is 2. The molecule has 1 aromatic rings. The average molecular weight is 324 g/mol. The third kappa shape index (κ3) is 7.35. The molecule has 23 heavy (non-hydrogen) atoms. The van der Waals surface area contributed by atoms with Gasteiger partial charge < -0.3 is 13.9 Å². The van der Waals surface area contributed by atoms with E-state index in [1.165, 1.54) is 12.3 Å². The fraction of sp³-hybridized carbons (Fsp3) is 0.667. The lowest BCUT2D eigenvalue weighted by atomic mass is 10.2. The first-order valence-electron chi connectivity index (χ1n) is 8.62. The average Bonchev–Trinajstić information content (AvgIpc) is 3.04. The van der Waals surface area contributed by atoms with Gasteiger partial charge in [0.05, 0.1) is 19.5 Å². The Bertz CT molecular complexity index is 423. The molecule has 0 saturated heterocycles. The van der Waals surface area contributed by atoms with Crippen LogP contribution in [0.4, 0.5) is 0 Å². The highest BCUT2D eigenvalue weighted by Crippen LogP contribution is 2.14. The van der Waals surface area contributed by atoms with Crippen LogP contribution >= 0.6 is 0 Å². The highest BCUT2D eigenvalue weighted by Gasteiger charge is 2.23. The lowest BCUT2D eigenvalue weighted by molar-refractivity contribution is 0.0423. The third-order valence-corrected chi connectivity index (χ3v) is 3.53.